The summed E-state index contributed by atoms with van der Waals surface area (Å²) in [5.41, 5.74) is 12.4. The highest BCUT2D eigenvalue weighted by atomic mass is 19.1. The second kappa shape index (κ2) is 19.4. The van der Waals surface area contributed by atoms with Crippen LogP contribution in [-0.4, -0.2) is 65.3 Å². The number of aromatic amines is 4. The molecule has 0 aliphatic heterocycles. The van der Waals surface area contributed by atoms with Crippen molar-refractivity contribution in [2.24, 2.45) is 5.92 Å². The molecule has 0 radical (unpaired) electrons. The molecule has 0 spiro atoms. The van der Waals surface area contributed by atoms with Crippen LogP contribution >= 0.6 is 0 Å². The molecule has 5 N–H and O–H groups in total. The lowest BCUT2D eigenvalue weighted by Crippen LogP contribution is -2.07. The van der Waals surface area contributed by atoms with E-state index in [0.29, 0.717) is 61.9 Å². The minimum atomic E-state index is -0.503. The normalized spacial score (nSPS) is 12.4. The third kappa shape index (κ3) is 8.62. The van der Waals surface area contributed by atoms with Gasteiger partial charge in [-0.15, -0.1) is 0 Å². The minimum Gasteiger partial charge on any atom is -0.358 e. The number of allylic oxidation sites excluding steroid dienone is 6. The number of nitrogens with zero attached hydrogens (tertiary/aromatic N) is 9. The van der Waals surface area contributed by atoms with Gasteiger partial charge in [-0.1, -0.05) is 81.6 Å². The molecule has 0 saturated heterocycles. The Morgan fingerprint density at radius 1 is 0.704 bits per heavy atom. The summed E-state index contributed by atoms with van der Waals surface area (Å²) in [4.78, 5) is 38.1. The first kappa shape index (κ1) is 45.5. The quantitative estimate of drug-likeness (QED) is 0.0737. The molecule has 16 heteroatoms. The third-order valence-electron chi connectivity index (χ3n) is 12.3. The number of para-hydroxylation sites is 2. The van der Waals surface area contributed by atoms with Crippen molar-refractivity contribution in [2.45, 2.75) is 34.1 Å². The Bertz CT molecular complexity index is 3850. The van der Waals surface area contributed by atoms with Crippen LogP contribution in [0.2, 0.25) is 0 Å². The predicted molar refractivity (Wildman–Crippen MR) is 277 cm³/mol. The Morgan fingerprint density at radius 3 is 1.85 bits per heavy atom. The van der Waals surface area contributed by atoms with Gasteiger partial charge in [0.1, 0.15) is 22.8 Å². The second-order valence-corrected chi connectivity index (χ2v) is 16.8. The van der Waals surface area contributed by atoms with E-state index in [0.717, 1.165) is 68.0 Å². The fraction of sp³-hybridized carbons (Fsp3) is 0.109. The van der Waals surface area contributed by atoms with Crippen molar-refractivity contribution in [1.29, 1.82) is 0 Å². The smallest absolute Gasteiger partial charge is 0.161 e. The van der Waals surface area contributed by atoms with Crippen LogP contribution in [-0.2, 0) is 0 Å². The van der Waals surface area contributed by atoms with Gasteiger partial charge in [-0.2, -0.15) is 10.2 Å². The number of H-pyrrole nitrogens is 4. The summed E-state index contributed by atoms with van der Waals surface area (Å²) < 4.78 is 31.9. The molecular weight excluding hydrogens is 895 g/mol. The number of pyridine rings is 5. The van der Waals surface area contributed by atoms with Crippen LogP contribution in [0.3, 0.4) is 0 Å². The summed E-state index contributed by atoms with van der Waals surface area (Å²) >= 11 is 0. The highest BCUT2D eigenvalue weighted by Gasteiger charge is 2.24. The standard InChI is InChI=1S/C29H25FN8.C26H21FN6/c1-4-16(2)17(3)34-19-12-18(13-31-14-19)26-25(30)24-23(15-33-26)37-38-28(24)29-35-22-10-7-8-20(27(22)36-29)21-9-5-6-11-32-21;1-4-9-15(3)16(5-2)24-22(27)21-20(14-29-24)32-33-25(21)26-30-19-12-8-10-17(23(19)31-26)18-11-6-7-13-28-18/h5-16,34H,3-4H2,1-2H3,(H,35,36)(H,37,38);4-14H,1H2,2-3H3,(H,30,31)(H,32,33)/b;15-9-,16-5+. The lowest BCUT2D eigenvalue weighted by Gasteiger charge is -2.15. The molecule has 2 aromatic carbocycles. The molecule has 14 nitrogen and oxygen atoms in total. The van der Waals surface area contributed by atoms with Gasteiger partial charge in [0, 0.05) is 46.6 Å². The SMILES string of the molecule is C=C(Nc1cncc(-c2ncc3[nH]nc(-c4nc5c(-c6ccccn6)cccc5[nH]4)c3c2F)c1)C(C)CC.C=C/C=C(C)\C(=C/C)c1ncc2[nH]nc(-c3nc4c(-c5ccccn5)cccc4[nH]3)c2c1F. The summed E-state index contributed by atoms with van der Waals surface area (Å²) in [6.45, 7) is 15.8. The maximum absolute atomic E-state index is 16.1. The van der Waals surface area contributed by atoms with Crippen molar-refractivity contribution in [3.8, 4) is 56.8 Å². The first-order chi connectivity index (χ1) is 34.6. The number of fused-ring (bicyclic) bond motifs is 4. The van der Waals surface area contributed by atoms with Gasteiger partial charge in [0.05, 0.1) is 79.5 Å². The zero-order chi connectivity index (χ0) is 49.2. The number of imidazole rings is 2. The van der Waals surface area contributed by atoms with E-state index in [1.54, 1.807) is 43.3 Å². The minimum absolute atomic E-state index is 0.177. The van der Waals surface area contributed by atoms with Gasteiger partial charge in [-0.25, -0.2) is 18.7 Å². The number of halogens is 2. The average Bonchev–Trinajstić information content (AvgIpc) is 4.23. The van der Waals surface area contributed by atoms with Gasteiger partial charge in [0.25, 0.3) is 0 Å². The summed E-state index contributed by atoms with van der Waals surface area (Å²) in [6, 6.07) is 24.9. The van der Waals surface area contributed by atoms with E-state index in [-0.39, 0.29) is 11.4 Å². The van der Waals surface area contributed by atoms with Gasteiger partial charge in [-0.05, 0) is 74.2 Å². The molecule has 9 aromatic heterocycles. The maximum Gasteiger partial charge on any atom is 0.161 e. The number of benzene rings is 2. The van der Waals surface area contributed by atoms with E-state index in [1.165, 1.54) is 0 Å². The van der Waals surface area contributed by atoms with Crippen molar-refractivity contribution >= 4 is 55.1 Å². The third-order valence-corrected chi connectivity index (χ3v) is 12.3. The molecule has 0 saturated carbocycles. The molecule has 71 heavy (non-hydrogen) atoms. The molecule has 350 valence electrons. The molecule has 11 rings (SSSR count). The maximum atomic E-state index is 16.1. The highest BCUT2D eigenvalue weighted by molar-refractivity contribution is 5.99. The van der Waals surface area contributed by atoms with E-state index < -0.39 is 11.6 Å². The molecule has 9 heterocycles. The number of hydrogen-bond donors (Lipinski definition) is 5. The summed E-state index contributed by atoms with van der Waals surface area (Å²) in [6.07, 6.45) is 16.2. The summed E-state index contributed by atoms with van der Waals surface area (Å²) in [5.74, 6) is 0.253. The van der Waals surface area contributed by atoms with Crippen molar-refractivity contribution in [2.75, 3.05) is 5.32 Å². The monoisotopic (exact) mass is 940 g/mol. The van der Waals surface area contributed by atoms with E-state index in [2.05, 4.69) is 87.6 Å². The Morgan fingerprint density at radius 2 is 1.30 bits per heavy atom. The molecule has 0 amide bonds. The number of anilines is 1. The van der Waals surface area contributed by atoms with Gasteiger partial charge in [0.15, 0.2) is 23.3 Å². The number of rotatable bonds is 12. The Labute approximate surface area is 405 Å². The molecule has 11 aromatic rings. The molecule has 1 atom stereocenters. The molecule has 0 fully saturated rings. The van der Waals surface area contributed by atoms with Gasteiger partial charge in [0.2, 0.25) is 0 Å². The molecule has 0 aliphatic rings. The van der Waals surface area contributed by atoms with Crippen LogP contribution in [0.15, 0.2) is 159 Å². The fourth-order valence-corrected chi connectivity index (χ4v) is 8.44. The van der Waals surface area contributed by atoms with E-state index >= 15 is 8.78 Å². The summed E-state index contributed by atoms with van der Waals surface area (Å²) in [7, 11) is 0. The Kier molecular flexibility index (Phi) is 12.4. The van der Waals surface area contributed by atoms with Crippen LogP contribution in [0.4, 0.5) is 14.5 Å². The lowest BCUT2D eigenvalue weighted by molar-refractivity contribution is 0.629. The van der Waals surface area contributed by atoms with Crippen molar-refractivity contribution in [3.05, 3.63) is 176 Å². The summed E-state index contributed by atoms with van der Waals surface area (Å²) in [5, 5.41) is 18.4. The van der Waals surface area contributed by atoms with Crippen LogP contribution in [0.1, 0.15) is 39.8 Å². The zero-order valence-electron chi connectivity index (χ0n) is 39.2. The topological polar surface area (TPSA) is 191 Å². The second-order valence-electron chi connectivity index (χ2n) is 16.8. The predicted octanol–water partition coefficient (Wildman–Crippen LogP) is 13.0. The van der Waals surface area contributed by atoms with Crippen LogP contribution in [0, 0.1) is 17.6 Å². The number of aromatic nitrogens is 13. The molecule has 0 aliphatic carbocycles. The van der Waals surface area contributed by atoms with Crippen molar-refractivity contribution in [3.63, 3.8) is 0 Å². The first-order valence-electron chi connectivity index (χ1n) is 22.9. The Hall–Kier alpha value is -9.31. The first-order valence-corrected chi connectivity index (χ1v) is 22.9. The number of nitrogens with one attached hydrogen (secondary N) is 5. The van der Waals surface area contributed by atoms with Gasteiger partial charge >= 0.3 is 0 Å². The van der Waals surface area contributed by atoms with Crippen LogP contribution in [0.25, 0.3) is 106 Å². The Balaban J connectivity index is 0.000000166. The molecule has 0 bridgehead atoms. The molecule has 1 unspecified atom stereocenters. The lowest BCUT2D eigenvalue weighted by atomic mass is 10.0. The van der Waals surface area contributed by atoms with Crippen LogP contribution in [0.5, 0.6) is 0 Å². The zero-order valence-corrected chi connectivity index (χ0v) is 39.2. The number of hydrogen-bond acceptors (Lipinski definition) is 10. The average molecular weight is 941 g/mol. The van der Waals surface area contributed by atoms with Crippen molar-refractivity contribution in [1.82, 2.24) is 65.3 Å². The van der Waals surface area contributed by atoms with Crippen LogP contribution < -0.4 is 5.32 Å². The van der Waals surface area contributed by atoms with Gasteiger partial charge < -0.3 is 15.3 Å². The van der Waals surface area contributed by atoms with E-state index in [4.69, 9.17) is 9.97 Å². The van der Waals surface area contributed by atoms with E-state index in [1.807, 2.05) is 105 Å². The fourth-order valence-electron chi connectivity index (χ4n) is 8.44. The van der Waals surface area contributed by atoms with E-state index in [9.17, 15) is 0 Å². The highest BCUT2D eigenvalue weighted by Crippen LogP contribution is 2.37. The largest absolute Gasteiger partial charge is 0.358 e. The molecular formula is C55H46F2N14. The van der Waals surface area contributed by atoms with Crippen molar-refractivity contribution < 1.29 is 8.78 Å². The van der Waals surface area contributed by atoms with Gasteiger partial charge in [-0.3, -0.25) is 35.1 Å².